The number of ether oxygens (including phenoxy) is 1. The number of rotatable bonds is 7. The van der Waals surface area contributed by atoms with Gasteiger partial charge < -0.3 is 20.3 Å². The lowest BCUT2D eigenvalue weighted by atomic mass is 10.1. The summed E-state index contributed by atoms with van der Waals surface area (Å²) in [4.78, 5) is 39.2. The van der Waals surface area contributed by atoms with Gasteiger partial charge in [-0.3, -0.25) is 14.4 Å². The van der Waals surface area contributed by atoms with Crippen LogP contribution in [0.25, 0.3) is 0 Å². The fourth-order valence-electron chi connectivity index (χ4n) is 3.19. The van der Waals surface area contributed by atoms with Crippen molar-refractivity contribution < 1.29 is 27.5 Å². The minimum absolute atomic E-state index is 0.0141. The molecule has 0 aliphatic carbocycles. The maximum absolute atomic E-state index is 12.8. The van der Waals surface area contributed by atoms with Gasteiger partial charge >= 0.3 is 0 Å². The summed E-state index contributed by atoms with van der Waals surface area (Å²) in [6.07, 6.45) is 0.986. The molecule has 12 heteroatoms. The molecule has 172 valence electrons. The number of benzene rings is 1. The molecule has 0 saturated carbocycles. The lowest BCUT2D eigenvalue weighted by Crippen LogP contribution is -2.47. The summed E-state index contributed by atoms with van der Waals surface area (Å²) in [5.41, 5.74) is 1.85. The number of carbonyl (C=O) groups excluding carboxylic acids is 3. The topological polar surface area (TPSA) is 122 Å². The number of nitrogens with one attached hydrogen (secondary N) is 2. The molecule has 1 saturated heterocycles. The predicted molar refractivity (Wildman–Crippen MR) is 123 cm³/mol. The smallest absolute Gasteiger partial charge is 0.262 e. The van der Waals surface area contributed by atoms with Gasteiger partial charge in [0, 0.05) is 24.2 Å². The van der Waals surface area contributed by atoms with Crippen LogP contribution in [0.4, 0.5) is 11.4 Å². The molecule has 1 aliphatic rings. The molecule has 1 fully saturated rings. The van der Waals surface area contributed by atoms with Crippen LogP contribution in [0.1, 0.15) is 15.2 Å². The third kappa shape index (κ3) is 6.28. The molecule has 3 amide bonds. The number of hydrogen-bond acceptors (Lipinski definition) is 7. The van der Waals surface area contributed by atoms with Gasteiger partial charge in [0.25, 0.3) is 11.8 Å². The zero-order valence-corrected chi connectivity index (χ0v) is 19.8. The van der Waals surface area contributed by atoms with Crippen LogP contribution in [0.3, 0.4) is 0 Å². The standard InChI is InChI=1S/C20H22ClN3O6S2/c1-12-9-13(3-4-15(12)24-7-8-30-10-18(24)25)22-19(26)14(11-32(2,28)29)23-20(27)16-5-6-17(21)31-16/h3-6,9,14H,7-8,10-11H2,1-2H3,(H,22,26)(H,23,27)/t14-/m0/s1. The molecule has 0 bridgehead atoms. The summed E-state index contributed by atoms with van der Waals surface area (Å²) in [5.74, 6) is -1.99. The quantitative estimate of drug-likeness (QED) is 0.599. The third-order valence-electron chi connectivity index (χ3n) is 4.63. The van der Waals surface area contributed by atoms with Crippen molar-refractivity contribution in [2.24, 2.45) is 0 Å². The summed E-state index contributed by atoms with van der Waals surface area (Å²) in [6, 6.07) is 6.71. The van der Waals surface area contributed by atoms with Crippen molar-refractivity contribution in [1.29, 1.82) is 0 Å². The van der Waals surface area contributed by atoms with Gasteiger partial charge in [-0.05, 0) is 42.8 Å². The molecule has 2 aromatic rings. The number of hydrogen-bond donors (Lipinski definition) is 2. The van der Waals surface area contributed by atoms with Gasteiger partial charge in [0.05, 0.1) is 21.6 Å². The number of nitrogens with zero attached hydrogens (tertiary/aromatic N) is 1. The molecule has 1 aromatic carbocycles. The number of thiophene rings is 1. The van der Waals surface area contributed by atoms with E-state index in [9.17, 15) is 22.8 Å². The lowest BCUT2D eigenvalue weighted by Gasteiger charge is -2.28. The number of amides is 3. The van der Waals surface area contributed by atoms with E-state index in [-0.39, 0.29) is 17.4 Å². The number of morpholine rings is 1. The van der Waals surface area contributed by atoms with Gasteiger partial charge in [0.1, 0.15) is 22.5 Å². The number of halogens is 1. The number of sulfone groups is 1. The van der Waals surface area contributed by atoms with E-state index in [1.807, 2.05) is 0 Å². The first-order valence-corrected chi connectivity index (χ1v) is 12.8. The first kappa shape index (κ1) is 24.2. The molecular formula is C20H22ClN3O6S2. The predicted octanol–water partition coefficient (Wildman–Crippen LogP) is 1.85. The van der Waals surface area contributed by atoms with Gasteiger partial charge in [0.2, 0.25) is 5.91 Å². The van der Waals surface area contributed by atoms with Crippen molar-refractivity contribution in [3.63, 3.8) is 0 Å². The van der Waals surface area contributed by atoms with Gasteiger partial charge in [-0.1, -0.05) is 11.6 Å². The number of carbonyl (C=O) groups is 3. The molecule has 2 N–H and O–H groups in total. The summed E-state index contributed by atoms with van der Waals surface area (Å²) >= 11 is 6.86. The molecule has 1 aromatic heterocycles. The lowest BCUT2D eigenvalue weighted by molar-refractivity contribution is -0.125. The monoisotopic (exact) mass is 499 g/mol. The molecule has 2 heterocycles. The van der Waals surface area contributed by atoms with E-state index < -0.39 is 33.4 Å². The van der Waals surface area contributed by atoms with E-state index in [0.717, 1.165) is 23.2 Å². The summed E-state index contributed by atoms with van der Waals surface area (Å²) < 4.78 is 29.2. The van der Waals surface area contributed by atoms with Crippen LogP contribution in [-0.4, -0.2) is 63.9 Å². The van der Waals surface area contributed by atoms with Crippen molar-refractivity contribution in [2.45, 2.75) is 13.0 Å². The van der Waals surface area contributed by atoms with Crippen LogP contribution >= 0.6 is 22.9 Å². The minimum Gasteiger partial charge on any atom is -0.370 e. The fourth-order valence-corrected chi connectivity index (χ4v) is 4.98. The van der Waals surface area contributed by atoms with Gasteiger partial charge in [0.15, 0.2) is 0 Å². The normalized spacial score (nSPS) is 15.3. The second-order valence-electron chi connectivity index (χ2n) is 7.31. The molecule has 0 spiro atoms. The van der Waals surface area contributed by atoms with Crippen molar-refractivity contribution in [3.05, 3.63) is 45.1 Å². The van der Waals surface area contributed by atoms with Crippen molar-refractivity contribution in [2.75, 3.05) is 42.0 Å². The molecule has 9 nitrogen and oxygen atoms in total. The Kier molecular flexibility index (Phi) is 7.55. The molecule has 0 unspecified atom stereocenters. The average molecular weight is 500 g/mol. The zero-order valence-electron chi connectivity index (χ0n) is 17.4. The van der Waals surface area contributed by atoms with E-state index >= 15 is 0 Å². The Labute approximate surface area is 194 Å². The highest BCUT2D eigenvalue weighted by Crippen LogP contribution is 2.25. The Morgan fingerprint density at radius 2 is 2.03 bits per heavy atom. The van der Waals surface area contributed by atoms with Crippen LogP contribution in [0.5, 0.6) is 0 Å². The van der Waals surface area contributed by atoms with Crippen molar-refractivity contribution >= 4 is 61.9 Å². The Morgan fingerprint density at radius 3 is 2.62 bits per heavy atom. The Bertz CT molecular complexity index is 1150. The summed E-state index contributed by atoms with van der Waals surface area (Å²) in [7, 11) is -3.57. The Balaban J connectivity index is 1.75. The third-order valence-corrected chi connectivity index (χ3v) is 6.80. The SMILES string of the molecule is Cc1cc(NC(=O)[C@H](CS(C)(=O)=O)NC(=O)c2ccc(Cl)s2)ccc1N1CCOCC1=O. The van der Waals surface area contributed by atoms with Gasteiger partial charge in [-0.2, -0.15) is 0 Å². The second kappa shape index (κ2) is 9.99. The molecule has 0 radical (unpaired) electrons. The zero-order chi connectivity index (χ0) is 23.5. The number of aryl methyl sites for hydroxylation is 1. The van der Waals surface area contributed by atoms with Crippen LogP contribution in [0.2, 0.25) is 4.34 Å². The fraction of sp³-hybridized carbons (Fsp3) is 0.350. The van der Waals surface area contributed by atoms with E-state index in [4.69, 9.17) is 16.3 Å². The highest BCUT2D eigenvalue weighted by atomic mass is 35.5. The first-order valence-electron chi connectivity index (χ1n) is 9.57. The van der Waals surface area contributed by atoms with Gasteiger partial charge in [-0.25, -0.2) is 8.42 Å². The molecular weight excluding hydrogens is 478 g/mol. The van der Waals surface area contributed by atoms with Crippen LogP contribution < -0.4 is 15.5 Å². The average Bonchev–Trinajstić information content (AvgIpc) is 3.14. The van der Waals surface area contributed by atoms with Crippen molar-refractivity contribution in [1.82, 2.24) is 5.32 Å². The van der Waals surface area contributed by atoms with E-state index in [1.165, 1.54) is 12.1 Å². The summed E-state index contributed by atoms with van der Waals surface area (Å²) in [6.45, 7) is 2.68. The maximum Gasteiger partial charge on any atom is 0.262 e. The molecule has 32 heavy (non-hydrogen) atoms. The Morgan fingerprint density at radius 1 is 1.28 bits per heavy atom. The van der Waals surface area contributed by atoms with Crippen LogP contribution in [0.15, 0.2) is 30.3 Å². The molecule has 1 atom stereocenters. The van der Waals surface area contributed by atoms with E-state index in [1.54, 1.807) is 30.0 Å². The highest BCUT2D eigenvalue weighted by molar-refractivity contribution is 7.90. The largest absolute Gasteiger partial charge is 0.370 e. The maximum atomic E-state index is 12.8. The second-order valence-corrected chi connectivity index (χ2v) is 11.2. The molecule has 1 aliphatic heterocycles. The minimum atomic E-state index is -3.57. The highest BCUT2D eigenvalue weighted by Gasteiger charge is 2.27. The Hall–Kier alpha value is -2.47. The first-order chi connectivity index (χ1) is 15.0. The van der Waals surface area contributed by atoms with Crippen molar-refractivity contribution in [3.8, 4) is 0 Å². The molecule has 3 rings (SSSR count). The summed E-state index contributed by atoms with van der Waals surface area (Å²) in [5, 5.41) is 5.10. The van der Waals surface area contributed by atoms with Crippen LogP contribution in [0, 0.1) is 6.92 Å². The van der Waals surface area contributed by atoms with Crippen LogP contribution in [-0.2, 0) is 24.2 Å². The number of anilines is 2. The van der Waals surface area contributed by atoms with Gasteiger partial charge in [-0.15, -0.1) is 11.3 Å². The van der Waals surface area contributed by atoms with E-state index in [2.05, 4.69) is 10.6 Å². The van der Waals surface area contributed by atoms with E-state index in [0.29, 0.717) is 28.9 Å².